The van der Waals surface area contributed by atoms with E-state index in [2.05, 4.69) is 31.0 Å². The number of aryl methyl sites for hydroxylation is 1. The second kappa shape index (κ2) is 8.54. The van der Waals surface area contributed by atoms with Crippen LogP contribution in [-0.4, -0.2) is 38.0 Å². The van der Waals surface area contributed by atoms with Crippen LogP contribution < -0.4 is 10.6 Å². The zero-order chi connectivity index (χ0) is 18.5. The number of aromatic nitrogens is 4. The van der Waals surface area contributed by atoms with Crippen molar-refractivity contribution < 1.29 is 9.59 Å². The maximum Gasteiger partial charge on any atom is 0.257 e. The lowest BCUT2D eigenvalue weighted by atomic mass is 10.2. The van der Waals surface area contributed by atoms with Gasteiger partial charge in [0.25, 0.3) is 5.91 Å². The summed E-state index contributed by atoms with van der Waals surface area (Å²) in [4.78, 5) is 24.0. The molecule has 3 rings (SSSR count). The molecule has 0 saturated heterocycles. The Labute approximate surface area is 165 Å². The average molecular weight is 427 g/mol. The fourth-order valence-corrected chi connectivity index (χ4v) is 4.09. The maximum absolute atomic E-state index is 12.1. The predicted molar refractivity (Wildman–Crippen MR) is 103 cm³/mol. The van der Waals surface area contributed by atoms with E-state index in [1.165, 1.54) is 34.4 Å². The van der Waals surface area contributed by atoms with E-state index in [1.807, 2.05) is 6.92 Å². The fourth-order valence-electron chi connectivity index (χ4n) is 1.75. The SMILES string of the molecule is Cc1nnc(NC(=O)CSc2nnc(NC(=O)c3cccc(Cl)c3)s2)s1. The van der Waals surface area contributed by atoms with Crippen LogP contribution in [0.15, 0.2) is 28.6 Å². The van der Waals surface area contributed by atoms with Crippen molar-refractivity contribution in [3.8, 4) is 0 Å². The van der Waals surface area contributed by atoms with Crippen molar-refractivity contribution in [2.45, 2.75) is 11.3 Å². The monoisotopic (exact) mass is 426 g/mol. The summed E-state index contributed by atoms with van der Waals surface area (Å²) in [5.74, 6) is -0.398. The molecule has 0 aliphatic rings. The van der Waals surface area contributed by atoms with Gasteiger partial charge in [0.2, 0.25) is 16.2 Å². The van der Waals surface area contributed by atoms with Gasteiger partial charge in [-0.15, -0.1) is 20.4 Å². The van der Waals surface area contributed by atoms with Gasteiger partial charge in [-0.1, -0.05) is 52.1 Å². The van der Waals surface area contributed by atoms with Crippen LogP contribution in [-0.2, 0) is 4.79 Å². The van der Waals surface area contributed by atoms with Crippen LogP contribution in [0.2, 0.25) is 5.02 Å². The van der Waals surface area contributed by atoms with Crippen molar-refractivity contribution in [1.82, 2.24) is 20.4 Å². The summed E-state index contributed by atoms with van der Waals surface area (Å²) < 4.78 is 0.565. The van der Waals surface area contributed by atoms with Crippen molar-refractivity contribution in [2.24, 2.45) is 0 Å². The molecule has 3 aromatic rings. The standard InChI is InChI=1S/C14H11ClN6O2S3/c1-7-18-19-12(25-7)16-10(22)6-24-14-21-20-13(26-14)17-11(23)8-3-2-4-9(15)5-8/h2-5H,6H2,1H3,(H,16,19,22)(H,17,20,23). The van der Waals surface area contributed by atoms with E-state index in [4.69, 9.17) is 11.6 Å². The number of carbonyl (C=O) groups is 2. The minimum absolute atomic E-state index is 0.148. The topological polar surface area (TPSA) is 110 Å². The highest BCUT2D eigenvalue weighted by molar-refractivity contribution is 8.01. The van der Waals surface area contributed by atoms with Crippen LogP contribution in [0.3, 0.4) is 0 Å². The van der Waals surface area contributed by atoms with Crippen LogP contribution in [0.4, 0.5) is 10.3 Å². The zero-order valence-corrected chi connectivity index (χ0v) is 16.4. The lowest BCUT2D eigenvalue weighted by molar-refractivity contribution is -0.113. The number of hydrogen-bond donors (Lipinski definition) is 2. The molecule has 1 aromatic carbocycles. The smallest absolute Gasteiger partial charge is 0.257 e. The van der Waals surface area contributed by atoms with Crippen LogP contribution in [0, 0.1) is 6.92 Å². The van der Waals surface area contributed by atoms with Crippen molar-refractivity contribution >= 4 is 68.1 Å². The van der Waals surface area contributed by atoms with Crippen molar-refractivity contribution in [3.05, 3.63) is 39.9 Å². The molecule has 134 valence electrons. The third kappa shape index (κ3) is 5.21. The van der Waals surface area contributed by atoms with Gasteiger partial charge in [0.15, 0.2) is 4.34 Å². The Balaban J connectivity index is 1.51. The first-order chi connectivity index (χ1) is 12.5. The minimum Gasteiger partial charge on any atom is -0.300 e. The molecule has 0 spiro atoms. The van der Waals surface area contributed by atoms with Gasteiger partial charge in [0.05, 0.1) is 5.75 Å². The molecule has 0 unspecified atom stereocenters. The molecule has 0 atom stereocenters. The van der Waals surface area contributed by atoms with E-state index in [0.717, 1.165) is 5.01 Å². The summed E-state index contributed by atoms with van der Waals surface area (Å²) >= 11 is 9.57. The second-order valence-corrected chi connectivity index (χ2v) is 8.62. The zero-order valence-electron chi connectivity index (χ0n) is 13.2. The summed E-state index contributed by atoms with van der Waals surface area (Å²) in [6.45, 7) is 1.81. The second-order valence-electron chi connectivity index (χ2n) is 4.80. The molecule has 12 heteroatoms. The normalized spacial score (nSPS) is 10.5. The highest BCUT2D eigenvalue weighted by Crippen LogP contribution is 2.26. The Bertz CT molecular complexity index is 944. The summed E-state index contributed by atoms with van der Waals surface area (Å²) in [6.07, 6.45) is 0. The molecule has 26 heavy (non-hydrogen) atoms. The molecule has 0 radical (unpaired) electrons. The Hall–Kier alpha value is -2.08. The number of halogens is 1. The highest BCUT2D eigenvalue weighted by atomic mass is 35.5. The minimum atomic E-state index is -0.329. The molecule has 2 amide bonds. The lowest BCUT2D eigenvalue weighted by Crippen LogP contribution is -2.13. The van der Waals surface area contributed by atoms with Gasteiger partial charge >= 0.3 is 0 Å². The maximum atomic E-state index is 12.1. The van der Waals surface area contributed by atoms with Gasteiger partial charge in [-0.3, -0.25) is 20.2 Å². The van der Waals surface area contributed by atoms with E-state index >= 15 is 0 Å². The quantitative estimate of drug-likeness (QED) is 0.459. The summed E-state index contributed by atoms with van der Waals surface area (Å²) in [6, 6.07) is 6.59. The summed E-state index contributed by atoms with van der Waals surface area (Å²) in [5, 5.41) is 22.9. The Morgan fingerprint density at radius 1 is 1.12 bits per heavy atom. The van der Waals surface area contributed by atoms with Crippen LogP contribution in [0.25, 0.3) is 0 Å². The van der Waals surface area contributed by atoms with Gasteiger partial charge < -0.3 is 0 Å². The van der Waals surface area contributed by atoms with Crippen molar-refractivity contribution in [1.29, 1.82) is 0 Å². The molecule has 2 N–H and O–H groups in total. The molecule has 8 nitrogen and oxygen atoms in total. The number of hydrogen-bond acceptors (Lipinski definition) is 9. The predicted octanol–water partition coefficient (Wildman–Crippen LogP) is 3.33. The van der Waals surface area contributed by atoms with Crippen LogP contribution in [0.5, 0.6) is 0 Å². The number of thioether (sulfide) groups is 1. The Morgan fingerprint density at radius 3 is 2.62 bits per heavy atom. The molecule has 0 saturated carbocycles. The van der Waals surface area contributed by atoms with Gasteiger partial charge in [0.1, 0.15) is 5.01 Å². The number of rotatable bonds is 6. The van der Waals surface area contributed by atoms with Gasteiger partial charge in [-0.2, -0.15) is 0 Å². The number of nitrogens with zero attached hydrogens (tertiary/aromatic N) is 4. The number of carbonyl (C=O) groups excluding carboxylic acids is 2. The van der Waals surface area contributed by atoms with E-state index in [0.29, 0.717) is 25.2 Å². The van der Waals surface area contributed by atoms with Crippen molar-refractivity contribution in [3.63, 3.8) is 0 Å². The number of benzene rings is 1. The van der Waals surface area contributed by atoms with Crippen LogP contribution in [0.1, 0.15) is 15.4 Å². The molecular weight excluding hydrogens is 416 g/mol. The van der Waals surface area contributed by atoms with Crippen LogP contribution >= 0.6 is 46.0 Å². The molecule has 0 aliphatic carbocycles. The van der Waals surface area contributed by atoms with E-state index in [1.54, 1.807) is 24.3 Å². The first kappa shape index (κ1) is 18.7. The average Bonchev–Trinajstić information content (AvgIpc) is 3.22. The Kier molecular flexibility index (Phi) is 6.14. The number of amides is 2. The first-order valence-electron chi connectivity index (χ1n) is 7.13. The number of nitrogens with one attached hydrogen (secondary N) is 2. The summed E-state index contributed by atoms with van der Waals surface area (Å²) in [5.41, 5.74) is 0.425. The molecule has 0 aliphatic heterocycles. The molecule has 2 aromatic heterocycles. The van der Waals surface area contributed by atoms with E-state index in [-0.39, 0.29) is 17.6 Å². The molecule has 0 fully saturated rings. The van der Waals surface area contributed by atoms with Gasteiger partial charge in [-0.05, 0) is 25.1 Å². The summed E-state index contributed by atoms with van der Waals surface area (Å²) in [7, 11) is 0. The molecule has 2 heterocycles. The third-order valence-corrected chi connectivity index (χ3v) is 5.77. The third-order valence-electron chi connectivity index (χ3n) is 2.81. The first-order valence-corrected chi connectivity index (χ1v) is 10.1. The van der Waals surface area contributed by atoms with Gasteiger partial charge in [-0.25, -0.2) is 0 Å². The molecular formula is C14H11ClN6O2S3. The van der Waals surface area contributed by atoms with E-state index < -0.39 is 0 Å². The van der Waals surface area contributed by atoms with Gasteiger partial charge in [0, 0.05) is 10.6 Å². The largest absolute Gasteiger partial charge is 0.300 e. The highest BCUT2D eigenvalue weighted by Gasteiger charge is 2.13. The lowest BCUT2D eigenvalue weighted by Gasteiger charge is -2.01. The van der Waals surface area contributed by atoms with E-state index in [9.17, 15) is 9.59 Å². The molecule has 0 bridgehead atoms. The Morgan fingerprint density at radius 2 is 1.88 bits per heavy atom. The van der Waals surface area contributed by atoms with Crippen molar-refractivity contribution in [2.75, 3.05) is 16.4 Å². The number of anilines is 2. The fraction of sp³-hybridized carbons (Fsp3) is 0.143.